The topological polar surface area (TPSA) is 0 Å². The number of thiophene rings is 1. The zero-order chi connectivity index (χ0) is 11.5. The lowest BCUT2D eigenvalue weighted by Gasteiger charge is -2.11. The van der Waals surface area contributed by atoms with Gasteiger partial charge in [0.25, 0.3) is 0 Å². The molecule has 1 aromatic carbocycles. The standard InChI is InChI=1S/C13H12BrFS/c1-9-3-2-4-11(13(9)15)12(14)7-10-5-6-16-8-10/h2-6,8,12H,7H2,1H3. The molecule has 0 aliphatic heterocycles. The predicted octanol–water partition coefficient (Wildman–Crippen LogP) is 4.87. The number of hydrogen-bond acceptors (Lipinski definition) is 1. The van der Waals surface area contributed by atoms with Gasteiger partial charge in [-0.1, -0.05) is 34.1 Å². The Kier molecular flexibility index (Phi) is 3.77. The lowest BCUT2D eigenvalue weighted by Crippen LogP contribution is -1.99. The van der Waals surface area contributed by atoms with Crippen LogP contribution in [0.3, 0.4) is 0 Å². The van der Waals surface area contributed by atoms with E-state index in [1.54, 1.807) is 24.3 Å². The molecule has 0 N–H and O–H groups in total. The van der Waals surface area contributed by atoms with Crippen molar-refractivity contribution in [1.29, 1.82) is 0 Å². The molecule has 2 aromatic rings. The first kappa shape index (κ1) is 11.8. The van der Waals surface area contributed by atoms with Crippen LogP contribution in [0.4, 0.5) is 4.39 Å². The Hall–Kier alpha value is -0.670. The first-order valence-corrected chi connectivity index (χ1v) is 6.94. The third-order valence-corrected chi connectivity index (χ3v) is 4.10. The van der Waals surface area contributed by atoms with Crippen molar-refractivity contribution in [2.45, 2.75) is 18.2 Å². The highest BCUT2D eigenvalue weighted by Gasteiger charge is 2.14. The molecule has 3 heteroatoms. The van der Waals surface area contributed by atoms with E-state index in [1.807, 2.05) is 17.5 Å². The van der Waals surface area contributed by atoms with Gasteiger partial charge in [0.05, 0.1) is 0 Å². The molecule has 0 radical (unpaired) electrons. The van der Waals surface area contributed by atoms with E-state index in [0.29, 0.717) is 5.56 Å². The van der Waals surface area contributed by atoms with Gasteiger partial charge in [-0.05, 0) is 41.3 Å². The SMILES string of the molecule is Cc1cccc(C(Br)Cc2ccsc2)c1F. The van der Waals surface area contributed by atoms with Crippen molar-refractivity contribution in [2.75, 3.05) is 0 Å². The number of aryl methyl sites for hydroxylation is 1. The van der Waals surface area contributed by atoms with Crippen molar-refractivity contribution in [3.8, 4) is 0 Å². The largest absolute Gasteiger partial charge is 0.206 e. The quantitative estimate of drug-likeness (QED) is 0.709. The van der Waals surface area contributed by atoms with E-state index in [0.717, 1.165) is 12.0 Å². The Morgan fingerprint density at radius 1 is 1.38 bits per heavy atom. The van der Waals surface area contributed by atoms with E-state index in [2.05, 4.69) is 27.4 Å². The highest BCUT2D eigenvalue weighted by molar-refractivity contribution is 9.09. The van der Waals surface area contributed by atoms with E-state index in [4.69, 9.17) is 0 Å². The van der Waals surface area contributed by atoms with Crippen molar-refractivity contribution in [3.05, 3.63) is 57.5 Å². The summed E-state index contributed by atoms with van der Waals surface area (Å²) in [5, 5.41) is 4.14. The fourth-order valence-electron chi connectivity index (χ4n) is 1.64. The molecule has 2 rings (SSSR count). The Bertz CT molecular complexity index is 465. The Balaban J connectivity index is 2.21. The van der Waals surface area contributed by atoms with Crippen molar-refractivity contribution in [2.24, 2.45) is 0 Å². The highest BCUT2D eigenvalue weighted by Crippen LogP contribution is 2.30. The average Bonchev–Trinajstić information content (AvgIpc) is 2.74. The molecule has 1 heterocycles. The van der Waals surface area contributed by atoms with Gasteiger partial charge in [-0.3, -0.25) is 0 Å². The summed E-state index contributed by atoms with van der Waals surface area (Å²) in [6, 6.07) is 7.61. The van der Waals surface area contributed by atoms with Gasteiger partial charge in [0.2, 0.25) is 0 Å². The first-order chi connectivity index (χ1) is 7.68. The van der Waals surface area contributed by atoms with Crippen molar-refractivity contribution >= 4 is 27.3 Å². The third-order valence-electron chi connectivity index (χ3n) is 2.55. The van der Waals surface area contributed by atoms with Gasteiger partial charge in [-0.25, -0.2) is 4.39 Å². The molecule has 1 atom stereocenters. The smallest absolute Gasteiger partial charge is 0.130 e. The van der Waals surface area contributed by atoms with Crippen LogP contribution in [0.25, 0.3) is 0 Å². The zero-order valence-electron chi connectivity index (χ0n) is 8.91. The van der Waals surface area contributed by atoms with Crippen LogP contribution in [-0.4, -0.2) is 0 Å². The van der Waals surface area contributed by atoms with Crippen LogP contribution in [-0.2, 0) is 6.42 Å². The molecule has 0 saturated heterocycles. The van der Waals surface area contributed by atoms with E-state index in [-0.39, 0.29) is 10.6 Å². The van der Waals surface area contributed by atoms with Gasteiger partial charge in [-0.2, -0.15) is 11.3 Å². The maximum atomic E-state index is 13.9. The minimum Gasteiger partial charge on any atom is -0.206 e. The number of hydrogen-bond donors (Lipinski definition) is 0. The second kappa shape index (κ2) is 5.11. The normalized spacial score (nSPS) is 12.7. The predicted molar refractivity (Wildman–Crippen MR) is 70.8 cm³/mol. The van der Waals surface area contributed by atoms with Gasteiger partial charge in [0.15, 0.2) is 0 Å². The molecule has 1 unspecified atom stereocenters. The molecule has 0 bridgehead atoms. The minimum atomic E-state index is -0.0976. The maximum absolute atomic E-state index is 13.9. The van der Waals surface area contributed by atoms with Crippen molar-refractivity contribution in [1.82, 2.24) is 0 Å². The maximum Gasteiger partial charge on any atom is 0.130 e. The second-order valence-electron chi connectivity index (χ2n) is 3.78. The molecule has 0 fully saturated rings. The molecular weight excluding hydrogens is 287 g/mol. The summed E-state index contributed by atoms with van der Waals surface area (Å²) in [5.74, 6) is -0.0976. The van der Waals surface area contributed by atoms with Crippen LogP contribution in [0, 0.1) is 12.7 Å². The Labute approximate surface area is 107 Å². The number of alkyl halides is 1. The van der Waals surface area contributed by atoms with Crippen LogP contribution < -0.4 is 0 Å². The van der Waals surface area contributed by atoms with E-state index in [1.165, 1.54) is 5.56 Å². The second-order valence-corrected chi connectivity index (χ2v) is 5.67. The van der Waals surface area contributed by atoms with E-state index >= 15 is 0 Å². The highest BCUT2D eigenvalue weighted by atomic mass is 79.9. The van der Waals surface area contributed by atoms with E-state index in [9.17, 15) is 4.39 Å². The molecule has 0 aliphatic rings. The molecule has 0 aliphatic carbocycles. The summed E-state index contributed by atoms with van der Waals surface area (Å²) in [4.78, 5) is 0.0435. The average molecular weight is 299 g/mol. The molecule has 1 aromatic heterocycles. The van der Waals surface area contributed by atoms with Gasteiger partial charge >= 0.3 is 0 Å². The molecule has 0 spiro atoms. The van der Waals surface area contributed by atoms with Crippen LogP contribution in [0.2, 0.25) is 0 Å². The molecule has 0 nitrogen and oxygen atoms in total. The fraction of sp³-hybridized carbons (Fsp3) is 0.231. The van der Waals surface area contributed by atoms with Crippen molar-refractivity contribution in [3.63, 3.8) is 0 Å². The fourth-order valence-corrected chi connectivity index (χ4v) is 3.05. The first-order valence-electron chi connectivity index (χ1n) is 5.08. The monoisotopic (exact) mass is 298 g/mol. The van der Waals surface area contributed by atoms with Crippen LogP contribution in [0.5, 0.6) is 0 Å². The van der Waals surface area contributed by atoms with E-state index < -0.39 is 0 Å². The summed E-state index contributed by atoms with van der Waals surface area (Å²) in [6.45, 7) is 1.79. The minimum absolute atomic E-state index is 0.0435. The summed E-state index contributed by atoms with van der Waals surface area (Å²) < 4.78 is 13.9. The number of benzene rings is 1. The van der Waals surface area contributed by atoms with Gasteiger partial charge < -0.3 is 0 Å². The van der Waals surface area contributed by atoms with Gasteiger partial charge in [0.1, 0.15) is 5.82 Å². The van der Waals surface area contributed by atoms with Crippen LogP contribution in [0.1, 0.15) is 21.5 Å². The van der Waals surface area contributed by atoms with Crippen LogP contribution >= 0.6 is 27.3 Å². The van der Waals surface area contributed by atoms with Crippen LogP contribution in [0.15, 0.2) is 35.0 Å². The third kappa shape index (κ3) is 2.53. The molecular formula is C13H12BrFS. The van der Waals surface area contributed by atoms with Gasteiger partial charge in [-0.15, -0.1) is 0 Å². The molecule has 84 valence electrons. The molecule has 0 amide bonds. The summed E-state index contributed by atoms with van der Waals surface area (Å²) >= 11 is 5.23. The number of halogens is 2. The lowest BCUT2D eigenvalue weighted by atomic mass is 10.0. The summed E-state index contributed by atoms with van der Waals surface area (Å²) in [7, 11) is 0. The van der Waals surface area contributed by atoms with Crippen molar-refractivity contribution < 1.29 is 4.39 Å². The summed E-state index contributed by atoms with van der Waals surface area (Å²) in [6.07, 6.45) is 0.823. The van der Waals surface area contributed by atoms with Gasteiger partial charge in [0, 0.05) is 10.4 Å². The molecule has 16 heavy (non-hydrogen) atoms. The zero-order valence-corrected chi connectivity index (χ0v) is 11.3. The summed E-state index contributed by atoms with van der Waals surface area (Å²) in [5.41, 5.74) is 2.69. The molecule has 0 saturated carbocycles. The Morgan fingerprint density at radius 2 is 2.19 bits per heavy atom. The number of rotatable bonds is 3. The lowest BCUT2D eigenvalue weighted by molar-refractivity contribution is 0.599. The Morgan fingerprint density at radius 3 is 2.88 bits per heavy atom.